The second kappa shape index (κ2) is 51.0. The molecular weight excluding hydrogens is 2160 g/mol. The van der Waals surface area contributed by atoms with Crippen molar-refractivity contribution in [1.29, 1.82) is 0 Å². The fraction of sp³-hybridized carbons (Fsp3) is 0.307. The minimum Gasteiger partial charge on any atom is -0.868 e. The Balaban J connectivity index is 0.000000202. The first kappa shape index (κ1) is 116. The fourth-order valence-corrected chi connectivity index (χ4v) is 20.2. The SMILES string of the molecule is C.CCC(C)(CC)C(=O)C=C(O)C(C)(CC)CC.CCC(C)(CC)C(=O)C=C(O)C(C)(CC)CC.Cc1[c-]c(-c2nccc3c2ccc2c(CC(C)(C)C)csc23)cc(C)c1.Cc1[c-]c(-c2nccc3cc4sc(CC(C)(C)C)cc4cc23)cc(C)c1.[Ir].[Ir].[Li+].[O-]c1cccc2ccc[nH+]c12.c1ccc(-c2ccc(-c3cccc4c5ccccc5n(-c5nc(-c6ccccc6)nc(-c6ccccc6)n5)c34)cc2)cc1. The molecule has 17 heteroatoms. The summed E-state index contributed by atoms with van der Waals surface area (Å²) >= 11 is 3.77. The number of hydrogen-bond acceptors (Lipinski definition) is 12. The number of aromatic amines is 1. The maximum Gasteiger partial charge on any atom is 1.00 e. The number of allylic oxidation sites excluding steroid dienone is 4. The van der Waals surface area contributed by atoms with E-state index in [1.165, 1.54) is 86.6 Å². The first-order valence-corrected chi connectivity index (χ1v) is 51.2. The molecule has 7 aromatic heterocycles. The van der Waals surface area contributed by atoms with Gasteiger partial charge in [-0.3, -0.25) is 14.2 Å². The minimum absolute atomic E-state index is 0. The van der Waals surface area contributed by atoms with E-state index in [0.29, 0.717) is 33.9 Å². The molecule has 7 heterocycles. The minimum atomic E-state index is -0.337. The molecule has 0 spiro atoms. The summed E-state index contributed by atoms with van der Waals surface area (Å²) in [5, 5.41) is 44.7. The van der Waals surface area contributed by atoms with Gasteiger partial charge >= 0.3 is 18.9 Å². The van der Waals surface area contributed by atoms with E-state index >= 15 is 0 Å². The van der Waals surface area contributed by atoms with E-state index in [-0.39, 0.29) is 117 Å². The Bertz CT molecular complexity index is 7220. The summed E-state index contributed by atoms with van der Waals surface area (Å²) in [4.78, 5) is 53.3. The van der Waals surface area contributed by atoms with Crippen LogP contribution in [0.3, 0.4) is 0 Å². The van der Waals surface area contributed by atoms with E-state index in [1.807, 2.05) is 203 Å². The second-order valence-corrected chi connectivity index (χ2v) is 42.7. The van der Waals surface area contributed by atoms with Gasteiger partial charge in [0, 0.05) is 140 Å². The summed E-state index contributed by atoms with van der Waals surface area (Å²) < 4.78 is 4.93. The Hall–Kier alpha value is -11.5. The largest absolute Gasteiger partial charge is 1.00 e. The number of nitrogens with zero attached hydrogens (tertiary/aromatic N) is 6. The fourth-order valence-electron chi connectivity index (χ4n) is 17.7. The number of aliphatic hydroxyl groups excluding tert-OH is 2. The van der Waals surface area contributed by atoms with Crippen LogP contribution in [0.1, 0.15) is 216 Å². The van der Waals surface area contributed by atoms with Crippen molar-refractivity contribution in [3.8, 4) is 79.2 Å². The van der Waals surface area contributed by atoms with E-state index in [1.54, 1.807) is 18.3 Å². The molecule has 3 N–H and O–H groups in total. The van der Waals surface area contributed by atoms with Crippen molar-refractivity contribution in [1.82, 2.24) is 29.5 Å². The molecular formula is C127H141Ir2LiN7O5S2-. The Morgan fingerprint density at radius 2 is 0.889 bits per heavy atom. The smallest absolute Gasteiger partial charge is 0.868 e. The van der Waals surface area contributed by atoms with E-state index < -0.39 is 0 Å². The summed E-state index contributed by atoms with van der Waals surface area (Å²) in [5.74, 6) is 2.48. The third-order valence-corrected chi connectivity index (χ3v) is 30.2. The van der Waals surface area contributed by atoms with Gasteiger partial charge < -0.3 is 25.3 Å². The van der Waals surface area contributed by atoms with Gasteiger partial charge in [-0.25, -0.2) is 9.97 Å². The number of pyridine rings is 3. The van der Waals surface area contributed by atoms with E-state index in [2.05, 4.69) is 254 Å². The molecule has 2 radical (unpaired) electrons. The maximum atomic E-state index is 12.2. The van der Waals surface area contributed by atoms with Crippen molar-refractivity contribution in [2.24, 2.45) is 32.5 Å². The van der Waals surface area contributed by atoms with Crippen LogP contribution in [-0.2, 0) is 62.6 Å². The standard InChI is InChI=1S/C39H26N4.2C24H24NS.2C15H28O2.C9H7NO.CH4.2Ir.Li/c1-4-13-27(14-5-1)28-23-25-29(26-24-28)32-20-12-21-34-33-19-10-11-22-35(33)43(36(32)34)39-41-37(30-15-6-2-7-16-30)40-38(42-39)31-17-8-3-9-18-31;1-15-8-16(2)10-19(9-15)23-21-12-18-11-20(14-24(3,4)5)26-22(18)13-17(21)6-7-25-23;1-15-10-16(2)12-17(11-15)22-20-7-6-19-18(13-24(3,4)5)14-26-23(19)21(20)8-9-25-22;2*1-7-14(5,8-2)12(16)11-13(17)15(6,9-3)10-4;11-8-5-1-3-7-4-2-6-10-9(7)8;;;;/h1-26H;6-9,11-13H,14H2,1-5H3;6-11,14H,13H2,1-5H3;2*11,16H,7-10H2,1-6H3;1-6,11H;1H4;;;/q;2*-1;;;;;;;+1. The molecule has 0 unspecified atom stereocenters. The van der Waals surface area contributed by atoms with Gasteiger partial charge in [-0.05, 0) is 195 Å². The van der Waals surface area contributed by atoms with Crippen molar-refractivity contribution in [3.05, 3.63) is 347 Å². The molecule has 11 aromatic carbocycles. The number of H-pyrrole nitrogens is 1. The number of benzene rings is 11. The number of aryl methyl sites for hydroxylation is 4. The van der Waals surface area contributed by atoms with E-state index in [0.717, 1.165) is 147 Å². The molecule has 18 aromatic rings. The molecule has 746 valence electrons. The number of aliphatic hydroxyl groups is 2. The average Bonchev–Trinajstić information content (AvgIpc) is 1.57. The van der Waals surface area contributed by atoms with Crippen LogP contribution in [0.5, 0.6) is 5.75 Å². The topological polar surface area (TPSA) is 181 Å². The molecule has 0 fully saturated rings. The Morgan fingerprint density at radius 3 is 1.40 bits per heavy atom. The monoisotopic (exact) mass is 2300 g/mol. The zero-order valence-corrected chi connectivity index (χ0v) is 94.0. The Morgan fingerprint density at radius 1 is 0.431 bits per heavy atom. The molecule has 0 saturated carbocycles. The second-order valence-electron chi connectivity index (χ2n) is 40.7. The summed E-state index contributed by atoms with van der Waals surface area (Å²) in [6.07, 6.45) is 17.3. The third-order valence-electron chi connectivity index (χ3n) is 28.0. The molecule has 12 nitrogen and oxygen atoms in total. The number of para-hydroxylation sites is 3. The number of aromatic nitrogens is 7. The zero-order chi connectivity index (χ0) is 101. The Labute approximate surface area is 902 Å². The van der Waals surface area contributed by atoms with Gasteiger partial charge in [0.15, 0.2) is 29.4 Å². The Kier molecular flexibility index (Phi) is 41.1. The predicted molar refractivity (Wildman–Crippen MR) is 597 cm³/mol. The molecule has 0 aliphatic carbocycles. The van der Waals surface area contributed by atoms with Gasteiger partial charge in [-0.15, -0.1) is 92.5 Å². The molecule has 0 saturated heterocycles. The van der Waals surface area contributed by atoms with Crippen LogP contribution < -0.4 is 29.0 Å². The molecule has 0 aliphatic heterocycles. The van der Waals surface area contributed by atoms with Crippen LogP contribution in [0.15, 0.2) is 302 Å². The van der Waals surface area contributed by atoms with Crippen molar-refractivity contribution in [2.45, 2.75) is 224 Å². The number of thiophene rings is 2. The summed E-state index contributed by atoms with van der Waals surface area (Å²) in [6, 6.07) is 94.9. The predicted octanol–water partition coefficient (Wildman–Crippen LogP) is 31.5. The number of rotatable bonds is 23. The van der Waals surface area contributed by atoms with Gasteiger partial charge in [0.05, 0.1) is 11.0 Å². The molecule has 0 amide bonds. The summed E-state index contributed by atoms with van der Waals surface area (Å²) in [5.41, 5.74) is 19.2. The normalized spacial score (nSPS) is 11.8. The van der Waals surface area contributed by atoms with Crippen molar-refractivity contribution in [2.75, 3.05) is 0 Å². The van der Waals surface area contributed by atoms with Crippen LogP contribution >= 0.6 is 22.7 Å². The first-order valence-electron chi connectivity index (χ1n) is 49.5. The zero-order valence-electron chi connectivity index (χ0n) is 87.6. The van der Waals surface area contributed by atoms with Crippen LogP contribution in [0.4, 0.5) is 0 Å². The number of carbonyl (C=O) groups is 2. The van der Waals surface area contributed by atoms with Gasteiger partial charge in [-0.1, -0.05) is 342 Å². The van der Waals surface area contributed by atoms with Crippen LogP contribution in [0.2, 0.25) is 0 Å². The van der Waals surface area contributed by atoms with Crippen molar-refractivity contribution < 1.29 is 89.0 Å². The number of ketones is 2. The van der Waals surface area contributed by atoms with Gasteiger partial charge in [-0.2, -0.15) is 9.97 Å². The molecule has 0 aliphatic rings. The van der Waals surface area contributed by atoms with Crippen LogP contribution in [-0.4, -0.2) is 51.3 Å². The molecule has 18 rings (SSSR count). The molecule has 0 bridgehead atoms. The van der Waals surface area contributed by atoms with Crippen molar-refractivity contribution in [3.63, 3.8) is 0 Å². The molecule has 0 atom stereocenters. The van der Waals surface area contributed by atoms with Crippen LogP contribution in [0.25, 0.3) is 148 Å². The maximum absolute atomic E-state index is 12.2. The van der Waals surface area contributed by atoms with E-state index in [9.17, 15) is 24.9 Å². The van der Waals surface area contributed by atoms with Crippen molar-refractivity contribution >= 4 is 109 Å². The van der Waals surface area contributed by atoms with E-state index in [4.69, 9.17) is 24.9 Å². The summed E-state index contributed by atoms with van der Waals surface area (Å²) in [7, 11) is 0. The summed E-state index contributed by atoms with van der Waals surface area (Å²) in [6.45, 7) is 46.4. The first-order chi connectivity index (χ1) is 66.9. The number of carbonyl (C=O) groups excluding carboxylic acids is 2. The number of nitrogens with one attached hydrogen (secondary N) is 1. The van der Waals surface area contributed by atoms with Crippen LogP contribution in [0, 0.1) is 72.3 Å². The molecule has 144 heavy (non-hydrogen) atoms. The van der Waals surface area contributed by atoms with Gasteiger partial charge in [0.2, 0.25) is 11.5 Å². The quantitative estimate of drug-likeness (QED) is 0.0271. The van der Waals surface area contributed by atoms with Gasteiger partial charge in [0.1, 0.15) is 11.5 Å². The number of hydrogen-bond donors (Lipinski definition) is 2. The van der Waals surface area contributed by atoms with Gasteiger partial charge in [0.25, 0.3) is 0 Å². The third kappa shape index (κ3) is 27.8. The average molecular weight is 2300 g/mol. The number of fused-ring (bicyclic) bond motifs is 9.